The zero-order chi connectivity index (χ0) is 24.1. The molecule has 4 aromatic rings. The van der Waals surface area contributed by atoms with E-state index in [0.717, 1.165) is 6.07 Å². The number of carbonyl (C=O) groups excluding carboxylic acids is 1. The number of nitrogens with one attached hydrogen (secondary N) is 1. The van der Waals surface area contributed by atoms with Crippen molar-refractivity contribution in [2.45, 2.75) is 19.4 Å². The number of aryl methyl sites for hydroxylation is 1. The van der Waals surface area contributed by atoms with E-state index in [1.165, 1.54) is 22.9 Å². The molecule has 174 valence electrons. The maximum absolute atomic E-state index is 14.6. The summed E-state index contributed by atoms with van der Waals surface area (Å²) in [6, 6.07) is 18.8. The maximum Gasteiger partial charge on any atom is 0.220 e. The second-order valence-electron chi connectivity index (χ2n) is 7.60. The summed E-state index contributed by atoms with van der Waals surface area (Å²) in [5.74, 6) is -1.97. The first-order valence-electron chi connectivity index (χ1n) is 10.6. The van der Waals surface area contributed by atoms with Gasteiger partial charge in [-0.15, -0.1) is 0 Å². The van der Waals surface area contributed by atoms with Crippen molar-refractivity contribution in [3.63, 3.8) is 0 Å². The van der Waals surface area contributed by atoms with E-state index in [4.69, 9.17) is 4.74 Å². The minimum atomic E-state index is -0.980. The fraction of sp³-hybridized carbons (Fsp3) is 0.154. The predicted octanol–water partition coefficient (Wildman–Crippen LogP) is 5.21. The van der Waals surface area contributed by atoms with E-state index in [2.05, 4.69) is 10.4 Å². The van der Waals surface area contributed by atoms with Crippen molar-refractivity contribution in [3.05, 3.63) is 102 Å². The molecule has 1 heterocycles. The summed E-state index contributed by atoms with van der Waals surface area (Å²) in [4.78, 5) is 12.3. The molecule has 34 heavy (non-hydrogen) atoms. The van der Waals surface area contributed by atoms with Gasteiger partial charge in [-0.3, -0.25) is 4.79 Å². The lowest BCUT2D eigenvalue weighted by Gasteiger charge is -2.09. The molecule has 0 aliphatic rings. The molecular weight excluding hydrogens is 443 g/mol. The Hall–Kier alpha value is -4.07. The molecule has 0 spiro atoms. The molecule has 0 radical (unpaired) electrons. The van der Waals surface area contributed by atoms with Gasteiger partial charge >= 0.3 is 0 Å². The molecular formula is C26H22F3N3O2. The lowest BCUT2D eigenvalue weighted by Crippen LogP contribution is -2.23. The van der Waals surface area contributed by atoms with Gasteiger partial charge in [0.05, 0.1) is 24.2 Å². The highest BCUT2D eigenvalue weighted by Gasteiger charge is 2.18. The number of benzene rings is 3. The number of rotatable bonds is 8. The van der Waals surface area contributed by atoms with Crippen LogP contribution in [0, 0.1) is 17.5 Å². The quantitative estimate of drug-likeness (QED) is 0.389. The number of amides is 1. The number of hydrogen-bond donors (Lipinski definition) is 1. The van der Waals surface area contributed by atoms with Gasteiger partial charge in [0.2, 0.25) is 5.91 Å². The second-order valence-corrected chi connectivity index (χ2v) is 7.60. The third-order valence-electron chi connectivity index (χ3n) is 5.35. The summed E-state index contributed by atoms with van der Waals surface area (Å²) < 4.78 is 48.9. The Bertz CT molecular complexity index is 1300. The molecule has 8 heteroatoms. The van der Waals surface area contributed by atoms with E-state index in [-0.39, 0.29) is 36.7 Å². The number of carbonyl (C=O) groups is 1. The molecule has 4 rings (SSSR count). The number of ether oxygens (including phenoxy) is 1. The Morgan fingerprint density at radius 1 is 0.971 bits per heavy atom. The van der Waals surface area contributed by atoms with Gasteiger partial charge in [0, 0.05) is 30.5 Å². The van der Waals surface area contributed by atoms with Crippen LogP contribution in [0.25, 0.3) is 16.9 Å². The van der Waals surface area contributed by atoms with Crippen molar-refractivity contribution in [1.29, 1.82) is 0 Å². The van der Waals surface area contributed by atoms with Crippen LogP contribution in [0.5, 0.6) is 5.75 Å². The number of aromatic nitrogens is 2. The minimum Gasteiger partial charge on any atom is -0.497 e. The molecule has 3 aromatic carbocycles. The summed E-state index contributed by atoms with van der Waals surface area (Å²) in [6.45, 7) is 0.0749. The van der Waals surface area contributed by atoms with Crippen LogP contribution in [0.15, 0.2) is 72.8 Å². The Kier molecular flexibility index (Phi) is 6.96. The summed E-state index contributed by atoms with van der Waals surface area (Å²) in [7, 11) is 1.55. The fourth-order valence-corrected chi connectivity index (χ4v) is 3.53. The van der Waals surface area contributed by atoms with Crippen molar-refractivity contribution in [2.24, 2.45) is 0 Å². The van der Waals surface area contributed by atoms with Crippen LogP contribution in [0.1, 0.15) is 17.7 Å². The summed E-state index contributed by atoms with van der Waals surface area (Å²) in [5, 5.41) is 7.22. The first-order chi connectivity index (χ1) is 16.5. The van der Waals surface area contributed by atoms with Gasteiger partial charge < -0.3 is 10.1 Å². The third-order valence-corrected chi connectivity index (χ3v) is 5.35. The third kappa shape index (κ3) is 5.11. The average molecular weight is 465 g/mol. The number of halogens is 3. The summed E-state index contributed by atoms with van der Waals surface area (Å²) in [6.07, 6.45) is 0.356. The maximum atomic E-state index is 14.6. The van der Waals surface area contributed by atoms with Gasteiger partial charge in [-0.25, -0.2) is 17.9 Å². The van der Waals surface area contributed by atoms with Crippen molar-refractivity contribution in [3.8, 4) is 22.7 Å². The molecule has 0 aliphatic carbocycles. The van der Waals surface area contributed by atoms with Crippen LogP contribution < -0.4 is 10.1 Å². The molecule has 0 saturated carbocycles. The SMILES string of the molecule is COc1ccc(-n2nc(CCC(=O)NCc3ccccc3F)cc2-c2cccc(F)c2F)cc1. The van der Waals surface area contributed by atoms with Crippen LogP contribution in [0.3, 0.4) is 0 Å². The molecule has 1 N–H and O–H groups in total. The van der Waals surface area contributed by atoms with Crippen LogP contribution in [0.4, 0.5) is 13.2 Å². The largest absolute Gasteiger partial charge is 0.497 e. The fourth-order valence-electron chi connectivity index (χ4n) is 3.53. The van der Waals surface area contributed by atoms with Gasteiger partial charge in [-0.2, -0.15) is 5.10 Å². The summed E-state index contributed by atoms with van der Waals surface area (Å²) >= 11 is 0. The van der Waals surface area contributed by atoms with E-state index in [1.807, 2.05) is 0 Å². The molecule has 1 aromatic heterocycles. The van der Waals surface area contributed by atoms with Crippen molar-refractivity contribution in [2.75, 3.05) is 7.11 Å². The smallest absolute Gasteiger partial charge is 0.220 e. The molecule has 0 atom stereocenters. The molecule has 1 amide bonds. The van der Waals surface area contributed by atoms with Gasteiger partial charge in [0.15, 0.2) is 11.6 Å². The Balaban J connectivity index is 1.55. The van der Waals surface area contributed by atoms with Crippen molar-refractivity contribution < 1.29 is 22.7 Å². The van der Waals surface area contributed by atoms with E-state index < -0.39 is 11.6 Å². The van der Waals surface area contributed by atoms with Gasteiger partial charge in [0.1, 0.15) is 11.6 Å². The number of hydrogen-bond acceptors (Lipinski definition) is 3. The van der Waals surface area contributed by atoms with E-state index in [1.54, 1.807) is 55.6 Å². The van der Waals surface area contributed by atoms with Gasteiger partial charge in [-0.1, -0.05) is 24.3 Å². The standard InChI is InChI=1S/C26H22F3N3O2/c1-34-20-12-10-19(11-13-20)32-24(21-6-4-8-23(28)26(21)29)15-18(31-32)9-14-25(33)30-16-17-5-2-3-7-22(17)27/h2-8,10-13,15H,9,14,16H2,1H3,(H,30,33). The first kappa shape index (κ1) is 23.1. The predicted molar refractivity (Wildman–Crippen MR) is 122 cm³/mol. The van der Waals surface area contributed by atoms with Crippen LogP contribution in [0.2, 0.25) is 0 Å². The summed E-state index contributed by atoms with van der Waals surface area (Å²) in [5.41, 5.74) is 1.94. The van der Waals surface area contributed by atoms with Gasteiger partial charge in [0.25, 0.3) is 0 Å². The minimum absolute atomic E-state index is 0.0542. The molecule has 0 aliphatic heterocycles. The Morgan fingerprint density at radius 3 is 2.44 bits per heavy atom. The van der Waals surface area contributed by atoms with Crippen molar-refractivity contribution in [1.82, 2.24) is 15.1 Å². The van der Waals surface area contributed by atoms with Crippen molar-refractivity contribution >= 4 is 5.91 Å². The van der Waals surface area contributed by atoms with E-state index in [0.29, 0.717) is 28.4 Å². The zero-order valence-electron chi connectivity index (χ0n) is 18.4. The second kappa shape index (κ2) is 10.2. The highest BCUT2D eigenvalue weighted by atomic mass is 19.2. The van der Waals surface area contributed by atoms with Crippen LogP contribution in [-0.4, -0.2) is 22.8 Å². The lowest BCUT2D eigenvalue weighted by molar-refractivity contribution is -0.121. The first-order valence-corrected chi connectivity index (χ1v) is 10.6. The monoisotopic (exact) mass is 465 g/mol. The molecule has 0 saturated heterocycles. The van der Waals surface area contributed by atoms with Gasteiger partial charge in [-0.05, 0) is 48.5 Å². The highest BCUT2D eigenvalue weighted by Crippen LogP contribution is 2.29. The average Bonchev–Trinajstić information content (AvgIpc) is 3.28. The number of nitrogens with zero attached hydrogens (tertiary/aromatic N) is 2. The Morgan fingerprint density at radius 2 is 1.71 bits per heavy atom. The molecule has 0 unspecified atom stereocenters. The molecule has 5 nitrogen and oxygen atoms in total. The molecule has 0 bridgehead atoms. The zero-order valence-corrected chi connectivity index (χ0v) is 18.4. The lowest BCUT2D eigenvalue weighted by atomic mass is 10.1. The van der Waals surface area contributed by atoms with Crippen LogP contribution >= 0.6 is 0 Å². The van der Waals surface area contributed by atoms with E-state index in [9.17, 15) is 18.0 Å². The van der Waals surface area contributed by atoms with E-state index >= 15 is 0 Å². The number of methoxy groups -OCH3 is 1. The topological polar surface area (TPSA) is 56.2 Å². The Labute approximate surface area is 194 Å². The van der Waals surface area contributed by atoms with Crippen LogP contribution in [-0.2, 0) is 17.8 Å². The molecule has 0 fully saturated rings. The highest BCUT2D eigenvalue weighted by molar-refractivity contribution is 5.76. The normalized spacial score (nSPS) is 10.8.